The summed E-state index contributed by atoms with van der Waals surface area (Å²) in [7, 11) is 0. The SMILES string of the molecule is Cc1ccc(-n2cccc2-c2ccc3ccccc3c2)cc1. The van der Waals surface area contributed by atoms with Crippen LogP contribution in [0.3, 0.4) is 0 Å². The second-order valence-electron chi connectivity index (χ2n) is 5.66. The van der Waals surface area contributed by atoms with Crippen LogP contribution in [-0.2, 0) is 0 Å². The Morgan fingerprint density at radius 3 is 2.27 bits per heavy atom. The van der Waals surface area contributed by atoms with Gasteiger partial charge in [-0.25, -0.2) is 0 Å². The maximum atomic E-state index is 2.26. The zero-order valence-corrected chi connectivity index (χ0v) is 12.5. The molecule has 0 unspecified atom stereocenters. The van der Waals surface area contributed by atoms with Crippen molar-refractivity contribution in [2.24, 2.45) is 0 Å². The molecule has 3 aromatic carbocycles. The summed E-state index contributed by atoms with van der Waals surface area (Å²) >= 11 is 0. The first-order valence-corrected chi connectivity index (χ1v) is 7.55. The zero-order chi connectivity index (χ0) is 14.9. The van der Waals surface area contributed by atoms with Crippen LogP contribution in [0.25, 0.3) is 27.7 Å². The average Bonchev–Trinajstić information content (AvgIpc) is 3.05. The van der Waals surface area contributed by atoms with Crippen LogP contribution in [-0.4, -0.2) is 4.57 Å². The van der Waals surface area contributed by atoms with Crippen molar-refractivity contribution in [2.45, 2.75) is 6.92 Å². The van der Waals surface area contributed by atoms with Gasteiger partial charge in [0.1, 0.15) is 0 Å². The molecule has 0 aliphatic carbocycles. The molecule has 4 rings (SSSR count). The van der Waals surface area contributed by atoms with Crippen LogP contribution in [0.5, 0.6) is 0 Å². The third kappa shape index (κ3) is 2.21. The van der Waals surface area contributed by atoms with Gasteiger partial charge in [0.05, 0.1) is 5.69 Å². The van der Waals surface area contributed by atoms with Crippen molar-refractivity contribution >= 4 is 10.8 Å². The molecule has 0 bridgehead atoms. The van der Waals surface area contributed by atoms with Crippen LogP contribution >= 0.6 is 0 Å². The van der Waals surface area contributed by atoms with E-state index in [2.05, 4.69) is 96.6 Å². The Morgan fingerprint density at radius 1 is 0.682 bits per heavy atom. The van der Waals surface area contributed by atoms with E-state index in [-0.39, 0.29) is 0 Å². The lowest BCUT2D eigenvalue weighted by molar-refractivity contribution is 1.09. The van der Waals surface area contributed by atoms with Gasteiger partial charge in [0, 0.05) is 11.9 Å². The molecule has 22 heavy (non-hydrogen) atoms. The molecule has 0 saturated heterocycles. The van der Waals surface area contributed by atoms with Crippen molar-refractivity contribution in [2.75, 3.05) is 0 Å². The highest BCUT2D eigenvalue weighted by molar-refractivity contribution is 5.87. The van der Waals surface area contributed by atoms with Gasteiger partial charge in [-0.15, -0.1) is 0 Å². The molecule has 1 heterocycles. The van der Waals surface area contributed by atoms with Crippen LogP contribution in [0.4, 0.5) is 0 Å². The van der Waals surface area contributed by atoms with Gasteiger partial charge < -0.3 is 4.57 Å². The van der Waals surface area contributed by atoms with Gasteiger partial charge in [-0.3, -0.25) is 0 Å². The van der Waals surface area contributed by atoms with Crippen molar-refractivity contribution in [1.82, 2.24) is 4.57 Å². The normalized spacial score (nSPS) is 11.0. The van der Waals surface area contributed by atoms with E-state index >= 15 is 0 Å². The van der Waals surface area contributed by atoms with Gasteiger partial charge in [-0.05, 0) is 53.6 Å². The number of aryl methyl sites for hydroxylation is 1. The minimum absolute atomic E-state index is 1.19. The molecule has 0 atom stereocenters. The van der Waals surface area contributed by atoms with Gasteiger partial charge in [0.15, 0.2) is 0 Å². The monoisotopic (exact) mass is 283 g/mol. The van der Waals surface area contributed by atoms with Gasteiger partial charge >= 0.3 is 0 Å². The number of rotatable bonds is 2. The number of nitrogens with zero attached hydrogens (tertiary/aromatic N) is 1. The zero-order valence-electron chi connectivity index (χ0n) is 12.5. The fourth-order valence-corrected chi connectivity index (χ4v) is 2.90. The average molecular weight is 283 g/mol. The molecule has 1 aromatic heterocycles. The van der Waals surface area contributed by atoms with Crippen molar-refractivity contribution < 1.29 is 0 Å². The van der Waals surface area contributed by atoms with E-state index in [9.17, 15) is 0 Å². The molecule has 4 aromatic rings. The lowest BCUT2D eigenvalue weighted by Crippen LogP contribution is -1.95. The van der Waals surface area contributed by atoms with Crippen LogP contribution in [0.1, 0.15) is 5.56 Å². The maximum Gasteiger partial charge on any atom is 0.0528 e. The van der Waals surface area contributed by atoms with E-state index in [1.807, 2.05) is 0 Å². The van der Waals surface area contributed by atoms with E-state index in [0.717, 1.165) is 0 Å². The first-order chi connectivity index (χ1) is 10.8. The fraction of sp³-hybridized carbons (Fsp3) is 0.0476. The molecule has 0 radical (unpaired) electrons. The third-order valence-corrected chi connectivity index (χ3v) is 4.11. The number of hydrogen-bond acceptors (Lipinski definition) is 0. The predicted octanol–water partition coefficient (Wildman–Crippen LogP) is 5.61. The van der Waals surface area contributed by atoms with Gasteiger partial charge in [0.25, 0.3) is 0 Å². The highest BCUT2D eigenvalue weighted by Crippen LogP contribution is 2.27. The van der Waals surface area contributed by atoms with Gasteiger partial charge in [-0.1, -0.05) is 54.1 Å². The summed E-state index contributed by atoms with van der Waals surface area (Å²) in [6.07, 6.45) is 2.12. The summed E-state index contributed by atoms with van der Waals surface area (Å²) in [5.74, 6) is 0. The van der Waals surface area contributed by atoms with Crippen molar-refractivity contribution in [3.05, 3.63) is 90.6 Å². The number of hydrogen-bond donors (Lipinski definition) is 0. The topological polar surface area (TPSA) is 4.93 Å². The molecule has 1 heteroatoms. The smallest absolute Gasteiger partial charge is 0.0528 e. The maximum absolute atomic E-state index is 2.26. The van der Waals surface area contributed by atoms with Gasteiger partial charge in [-0.2, -0.15) is 0 Å². The number of benzene rings is 3. The summed E-state index contributed by atoms with van der Waals surface area (Å²) in [6.45, 7) is 2.11. The van der Waals surface area contributed by atoms with E-state index in [1.54, 1.807) is 0 Å². The van der Waals surface area contributed by atoms with Crippen molar-refractivity contribution in [3.63, 3.8) is 0 Å². The van der Waals surface area contributed by atoms with E-state index in [4.69, 9.17) is 0 Å². The lowest BCUT2D eigenvalue weighted by atomic mass is 10.0. The highest BCUT2D eigenvalue weighted by atomic mass is 15.0. The van der Waals surface area contributed by atoms with Crippen molar-refractivity contribution in [1.29, 1.82) is 0 Å². The molecule has 0 spiro atoms. The summed E-state index contributed by atoms with van der Waals surface area (Å²) in [5, 5.41) is 2.55. The Kier molecular flexibility index (Phi) is 3.05. The Balaban J connectivity index is 1.85. The first kappa shape index (κ1) is 12.9. The van der Waals surface area contributed by atoms with E-state index in [0.29, 0.717) is 0 Å². The van der Waals surface area contributed by atoms with Crippen molar-refractivity contribution in [3.8, 4) is 16.9 Å². The molecule has 0 aliphatic heterocycles. The lowest BCUT2D eigenvalue weighted by Gasteiger charge is -2.11. The van der Waals surface area contributed by atoms with Crippen LogP contribution in [0.15, 0.2) is 85.1 Å². The summed E-state index contributed by atoms with van der Waals surface area (Å²) in [5.41, 5.74) is 4.93. The standard InChI is InChI=1S/C21H17N/c1-16-8-12-20(13-9-16)22-14-4-7-21(22)19-11-10-17-5-2-3-6-18(17)15-19/h2-15H,1H3. The van der Waals surface area contributed by atoms with Crippen LogP contribution in [0.2, 0.25) is 0 Å². The minimum Gasteiger partial charge on any atom is -0.317 e. The van der Waals surface area contributed by atoms with Crippen LogP contribution in [0, 0.1) is 6.92 Å². The summed E-state index contributed by atoms with van der Waals surface area (Å²) in [4.78, 5) is 0. The number of fused-ring (bicyclic) bond motifs is 1. The molecule has 0 fully saturated rings. The molecule has 0 saturated carbocycles. The molecular formula is C21H17N. The Morgan fingerprint density at radius 2 is 1.45 bits per heavy atom. The first-order valence-electron chi connectivity index (χ1n) is 7.55. The summed E-state index contributed by atoms with van der Waals surface area (Å²) in [6, 6.07) is 28.0. The minimum atomic E-state index is 1.19. The Labute approximate surface area is 130 Å². The molecule has 1 nitrogen and oxygen atoms in total. The highest BCUT2D eigenvalue weighted by Gasteiger charge is 2.06. The number of aromatic nitrogens is 1. The van der Waals surface area contributed by atoms with Gasteiger partial charge in [0.2, 0.25) is 0 Å². The second kappa shape index (κ2) is 5.19. The third-order valence-electron chi connectivity index (χ3n) is 4.11. The molecule has 106 valence electrons. The molecule has 0 aliphatic rings. The predicted molar refractivity (Wildman–Crippen MR) is 93.4 cm³/mol. The fourth-order valence-electron chi connectivity index (χ4n) is 2.90. The largest absolute Gasteiger partial charge is 0.317 e. The quantitative estimate of drug-likeness (QED) is 0.451. The van der Waals surface area contributed by atoms with E-state index < -0.39 is 0 Å². The summed E-state index contributed by atoms with van der Waals surface area (Å²) < 4.78 is 2.24. The Hall–Kier alpha value is -2.80. The molecule has 0 N–H and O–H groups in total. The Bertz CT molecular complexity index is 929. The molecular weight excluding hydrogens is 266 g/mol. The molecule has 0 amide bonds. The van der Waals surface area contributed by atoms with Crippen LogP contribution < -0.4 is 0 Å². The van der Waals surface area contributed by atoms with E-state index in [1.165, 1.54) is 33.3 Å². The second-order valence-corrected chi connectivity index (χ2v) is 5.66.